The highest BCUT2D eigenvalue weighted by molar-refractivity contribution is 6.42. The van der Waals surface area contributed by atoms with Crippen molar-refractivity contribution in [3.63, 3.8) is 0 Å². The Hall–Kier alpha value is -2.84. The average Bonchev–Trinajstić information content (AvgIpc) is 2.62. The smallest absolute Gasteiger partial charge is 0.338 e. The van der Waals surface area contributed by atoms with Gasteiger partial charge < -0.3 is 14.8 Å². The minimum absolute atomic E-state index is 0.0496. The first-order valence-corrected chi connectivity index (χ1v) is 7.82. The van der Waals surface area contributed by atoms with Crippen molar-refractivity contribution in [1.82, 2.24) is 0 Å². The average molecular weight is 399 g/mol. The molecule has 0 atom stereocenters. The largest absolute Gasteiger partial charge is 0.496 e. The predicted molar refractivity (Wildman–Crippen MR) is 95.0 cm³/mol. The molecule has 0 radical (unpaired) electrons. The molecule has 0 bridgehead atoms. The SMILES string of the molecule is COc1ccc(NC(=O)COC(=O)c2ccc(Cl)c(Cl)c2)c([N+](=O)[O-])c1. The van der Waals surface area contributed by atoms with E-state index in [9.17, 15) is 19.7 Å². The van der Waals surface area contributed by atoms with Gasteiger partial charge in [0.05, 0.1) is 33.7 Å². The number of carbonyl (C=O) groups is 2. The summed E-state index contributed by atoms with van der Waals surface area (Å²) < 4.78 is 9.76. The molecule has 0 fully saturated rings. The number of nitrogens with one attached hydrogen (secondary N) is 1. The summed E-state index contributed by atoms with van der Waals surface area (Å²) in [6.45, 7) is -0.637. The number of ether oxygens (including phenoxy) is 2. The number of esters is 1. The summed E-state index contributed by atoms with van der Waals surface area (Å²) in [4.78, 5) is 34.2. The van der Waals surface area contributed by atoms with Crippen molar-refractivity contribution >= 4 is 46.5 Å². The van der Waals surface area contributed by atoms with Gasteiger partial charge in [0.2, 0.25) is 0 Å². The minimum atomic E-state index is -0.789. The van der Waals surface area contributed by atoms with Crippen LogP contribution in [0.2, 0.25) is 10.0 Å². The van der Waals surface area contributed by atoms with Crippen molar-refractivity contribution in [2.45, 2.75) is 0 Å². The molecule has 26 heavy (non-hydrogen) atoms. The molecule has 8 nitrogen and oxygen atoms in total. The second-order valence-electron chi connectivity index (χ2n) is 4.89. The molecule has 0 aliphatic rings. The van der Waals surface area contributed by atoms with E-state index in [2.05, 4.69) is 5.32 Å². The Morgan fingerprint density at radius 1 is 1.15 bits per heavy atom. The lowest BCUT2D eigenvalue weighted by atomic mass is 10.2. The molecule has 136 valence electrons. The number of methoxy groups -OCH3 is 1. The van der Waals surface area contributed by atoms with Gasteiger partial charge in [0.15, 0.2) is 6.61 Å². The van der Waals surface area contributed by atoms with Crippen LogP contribution in [-0.4, -0.2) is 30.5 Å². The molecular weight excluding hydrogens is 387 g/mol. The number of amides is 1. The zero-order chi connectivity index (χ0) is 19.3. The van der Waals surface area contributed by atoms with Gasteiger partial charge in [-0.15, -0.1) is 0 Å². The van der Waals surface area contributed by atoms with Crippen molar-refractivity contribution in [2.75, 3.05) is 19.0 Å². The lowest BCUT2D eigenvalue weighted by Crippen LogP contribution is -2.21. The quantitative estimate of drug-likeness (QED) is 0.451. The van der Waals surface area contributed by atoms with E-state index in [0.717, 1.165) is 6.07 Å². The maximum atomic E-state index is 11.9. The van der Waals surface area contributed by atoms with Crippen LogP contribution in [0.1, 0.15) is 10.4 Å². The number of hydrogen-bond acceptors (Lipinski definition) is 6. The zero-order valence-electron chi connectivity index (χ0n) is 13.3. The first-order valence-electron chi connectivity index (χ1n) is 7.06. The Morgan fingerprint density at radius 2 is 1.88 bits per heavy atom. The maximum Gasteiger partial charge on any atom is 0.338 e. The molecule has 1 amide bonds. The second kappa shape index (κ2) is 8.50. The van der Waals surface area contributed by atoms with Crippen molar-refractivity contribution < 1.29 is 24.0 Å². The number of benzene rings is 2. The summed E-state index contributed by atoms with van der Waals surface area (Å²) in [6, 6.07) is 8.04. The molecule has 1 N–H and O–H groups in total. The Morgan fingerprint density at radius 3 is 2.50 bits per heavy atom. The van der Waals surface area contributed by atoms with Crippen LogP contribution in [0.25, 0.3) is 0 Å². The standard InChI is InChI=1S/C16H12Cl2N2O6/c1-25-10-3-5-13(14(7-10)20(23)24)19-15(21)8-26-16(22)9-2-4-11(17)12(18)6-9/h2-7H,8H2,1H3,(H,19,21). The van der Waals surface area contributed by atoms with E-state index in [-0.39, 0.29) is 32.7 Å². The van der Waals surface area contributed by atoms with E-state index in [1.165, 1.54) is 37.4 Å². The summed E-state index contributed by atoms with van der Waals surface area (Å²) in [7, 11) is 1.36. The highest BCUT2D eigenvalue weighted by Gasteiger charge is 2.18. The molecule has 10 heteroatoms. The lowest BCUT2D eigenvalue weighted by Gasteiger charge is -2.08. The number of carbonyl (C=O) groups excluding carboxylic acids is 2. The van der Waals surface area contributed by atoms with Crippen molar-refractivity contribution in [1.29, 1.82) is 0 Å². The molecular formula is C16H12Cl2N2O6. The molecule has 0 aromatic heterocycles. The number of anilines is 1. The van der Waals surface area contributed by atoms with E-state index in [0.29, 0.717) is 0 Å². The molecule has 2 rings (SSSR count). The van der Waals surface area contributed by atoms with Crippen molar-refractivity contribution in [2.24, 2.45) is 0 Å². The molecule has 0 aliphatic heterocycles. The molecule has 0 unspecified atom stereocenters. The third-order valence-electron chi connectivity index (χ3n) is 3.17. The fraction of sp³-hybridized carbons (Fsp3) is 0.125. The summed E-state index contributed by atoms with van der Waals surface area (Å²) in [6.07, 6.45) is 0. The maximum absolute atomic E-state index is 11.9. The Kier molecular flexibility index (Phi) is 6.37. The van der Waals surface area contributed by atoms with Gasteiger partial charge in [0, 0.05) is 0 Å². The van der Waals surface area contributed by atoms with E-state index in [1.54, 1.807) is 0 Å². The van der Waals surface area contributed by atoms with Gasteiger partial charge in [-0.1, -0.05) is 23.2 Å². The normalized spacial score (nSPS) is 10.1. The first-order chi connectivity index (χ1) is 12.3. The number of nitrogens with zero attached hydrogens (tertiary/aromatic N) is 1. The molecule has 0 saturated heterocycles. The van der Waals surface area contributed by atoms with E-state index in [1.807, 2.05) is 0 Å². The number of nitro groups is 1. The number of rotatable bonds is 6. The predicted octanol–water partition coefficient (Wildman–Crippen LogP) is 3.71. The van der Waals surface area contributed by atoms with E-state index in [4.69, 9.17) is 32.7 Å². The number of halogens is 2. The van der Waals surface area contributed by atoms with E-state index < -0.39 is 23.4 Å². The fourth-order valence-corrected chi connectivity index (χ4v) is 2.22. The topological polar surface area (TPSA) is 108 Å². The molecule has 2 aromatic carbocycles. The molecule has 0 spiro atoms. The van der Waals surface area contributed by atoms with Gasteiger partial charge in [-0.3, -0.25) is 14.9 Å². The molecule has 0 saturated carbocycles. The summed E-state index contributed by atoms with van der Waals surface area (Å²) in [5.41, 5.74) is -0.289. The Balaban J connectivity index is 2.01. The van der Waals surface area contributed by atoms with Crippen LogP contribution in [0, 0.1) is 10.1 Å². The lowest BCUT2D eigenvalue weighted by molar-refractivity contribution is -0.384. The van der Waals surface area contributed by atoms with Crippen LogP contribution >= 0.6 is 23.2 Å². The van der Waals surface area contributed by atoms with Gasteiger partial charge >= 0.3 is 5.97 Å². The zero-order valence-corrected chi connectivity index (χ0v) is 14.8. The highest BCUT2D eigenvalue weighted by Crippen LogP contribution is 2.29. The van der Waals surface area contributed by atoms with Gasteiger partial charge in [-0.25, -0.2) is 4.79 Å². The van der Waals surface area contributed by atoms with Crippen LogP contribution in [0.5, 0.6) is 5.75 Å². The van der Waals surface area contributed by atoms with Crippen molar-refractivity contribution in [3.05, 3.63) is 62.1 Å². The van der Waals surface area contributed by atoms with Crippen LogP contribution in [0.3, 0.4) is 0 Å². The van der Waals surface area contributed by atoms with E-state index >= 15 is 0 Å². The van der Waals surface area contributed by atoms with Crippen LogP contribution in [0.4, 0.5) is 11.4 Å². The first kappa shape index (κ1) is 19.5. The summed E-state index contributed by atoms with van der Waals surface area (Å²) >= 11 is 11.6. The number of hydrogen-bond donors (Lipinski definition) is 1. The van der Waals surface area contributed by atoms with Crippen LogP contribution < -0.4 is 10.1 Å². The van der Waals surface area contributed by atoms with Gasteiger partial charge in [0.25, 0.3) is 11.6 Å². The van der Waals surface area contributed by atoms with Crippen LogP contribution in [-0.2, 0) is 9.53 Å². The minimum Gasteiger partial charge on any atom is -0.496 e. The Labute approximate surface area is 157 Å². The van der Waals surface area contributed by atoms with Gasteiger partial charge in [-0.05, 0) is 30.3 Å². The number of nitro benzene ring substituents is 1. The van der Waals surface area contributed by atoms with Crippen molar-refractivity contribution in [3.8, 4) is 5.75 Å². The third kappa shape index (κ3) is 4.84. The van der Waals surface area contributed by atoms with Gasteiger partial charge in [-0.2, -0.15) is 0 Å². The van der Waals surface area contributed by atoms with Crippen LogP contribution in [0.15, 0.2) is 36.4 Å². The highest BCUT2D eigenvalue weighted by atomic mass is 35.5. The summed E-state index contributed by atoms with van der Waals surface area (Å²) in [5, 5.41) is 13.8. The monoisotopic (exact) mass is 398 g/mol. The molecule has 2 aromatic rings. The third-order valence-corrected chi connectivity index (χ3v) is 3.90. The fourth-order valence-electron chi connectivity index (χ4n) is 1.92. The van der Waals surface area contributed by atoms with Gasteiger partial charge in [0.1, 0.15) is 11.4 Å². The summed E-state index contributed by atoms with van der Waals surface area (Å²) in [5.74, 6) is -1.27. The Bertz CT molecular complexity index is 872. The molecule has 0 heterocycles. The second-order valence-corrected chi connectivity index (χ2v) is 5.71. The molecule has 0 aliphatic carbocycles.